The molecule has 0 atom stereocenters. The number of nitrogens with zero attached hydrogens (tertiary/aromatic N) is 3. The van der Waals surface area contributed by atoms with Crippen LogP contribution in [0.15, 0.2) is 18.6 Å². The molecule has 2 heterocycles. The molecule has 0 aromatic carbocycles. The van der Waals surface area contributed by atoms with Gasteiger partial charge in [-0.05, 0) is 6.07 Å². The molecule has 0 saturated heterocycles. The third-order valence-corrected chi connectivity index (χ3v) is 2.79. The highest BCUT2D eigenvalue weighted by Crippen LogP contribution is 2.27. The maximum absolute atomic E-state index is 10.9. The first-order valence-corrected chi connectivity index (χ1v) is 4.82. The van der Waals surface area contributed by atoms with E-state index in [1.165, 1.54) is 6.33 Å². The van der Waals surface area contributed by atoms with Crippen LogP contribution < -0.4 is 11.5 Å². The molecule has 2 rings (SSSR count). The number of nitrogen functional groups attached to an aromatic ring is 1. The third-order valence-electron chi connectivity index (χ3n) is 1.68. The standard InChI is InChI=1S/C8H7N5OS/c9-6-5(7(10)14)15-8(13-6)4-1-2-11-3-12-4/h1-3H,9H2,(H2,10,14). The molecule has 0 bridgehead atoms. The number of hydrogen-bond donors (Lipinski definition) is 2. The molecular weight excluding hydrogens is 214 g/mol. The van der Waals surface area contributed by atoms with Crippen molar-refractivity contribution in [2.75, 3.05) is 5.73 Å². The maximum atomic E-state index is 10.9. The summed E-state index contributed by atoms with van der Waals surface area (Å²) < 4.78 is 0. The first kappa shape index (κ1) is 9.53. The zero-order valence-corrected chi connectivity index (χ0v) is 8.36. The van der Waals surface area contributed by atoms with Crippen molar-refractivity contribution >= 4 is 23.1 Å². The van der Waals surface area contributed by atoms with Crippen LogP contribution in [0.3, 0.4) is 0 Å². The zero-order valence-electron chi connectivity index (χ0n) is 7.54. The van der Waals surface area contributed by atoms with Crippen molar-refractivity contribution in [3.63, 3.8) is 0 Å². The van der Waals surface area contributed by atoms with Crippen LogP contribution in [0.25, 0.3) is 10.7 Å². The lowest BCUT2D eigenvalue weighted by Gasteiger charge is -1.90. The van der Waals surface area contributed by atoms with Gasteiger partial charge < -0.3 is 11.5 Å². The van der Waals surface area contributed by atoms with Gasteiger partial charge in [-0.15, -0.1) is 11.3 Å². The fraction of sp³-hybridized carbons (Fsp3) is 0. The topological polar surface area (TPSA) is 108 Å². The Balaban J connectivity index is 2.48. The summed E-state index contributed by atoms with van der Waals surface area (Å²) in [5, 5.41) is 0.559. The summed E-state index contributed by atoms with van der Waals surface area (Å²) in [6.07, 6.45) is 2.99. The highest BCUT2D eigenvalue weighted by atomic mass is 32.1. The number of anilines is 1. The fourth-order valence-electron chi connectivity index (χ4n) is 1.04. The first-order valence-electron chi connectivity index (χ1n) is 4.01. The Bertz CT molecular complexity index is 495. The molecule has 76 valence electrons. The number of hydrogen-bond acceptors (Lipinski definition) is 6. The molecule has 2 aromatic heterocycles. The molecule has 0 saturated carbocycles. The van der Waals surface area contributed by atoms with Crippen molar-refractivity contribution in [3.05, 3.63) is 23.5 Å². The number of amides is 1. The number of aromatic nitrogens is 3. The summed E-state index contributed by atoms with van der Waals surface area (Å²) in [7, 11) is 0. The predicted molar refractivity (Wildman–Crippen MR) is 56.1 cm³/mol. The second-order valence-electron chi connectivity index (χ2n) is 2.69. The van der Waals surface area contributed by atoms with E-state index < -0.39 is 5.91 Å². The van der Waals surface area contributed by atoms with Gasteiger partial charge in [0.15, 0.2) is 0 Å². The van der Waals surface area contributed by atoms with Crippen LogP contribution in [0.4, 0.5) is 5.82 Å². The van der Waals surface area contributed by atoms with Gasteiger partial charge in [0.1, 0.15) is 27.7 Å². The summed E-state index contributed by atoms with van der Waals surface area (Å²) in [5.41, 5.74) is 11.3. The zero-order chi connectivity index (χ0) is 10.8. The number of nitrogens with two attached hydrogens (primary N) is 2. The number of carbonyl (C=O) groups excluding carboxylic acids is 1. The van der Waals surface area contributed by atoms with Crippen LogP contribution in [0, 0.1) is 0 Å². The maximum Gasteiger partial charge on any atom is 0.262 e. The number of primary amides is 1. The summed E-state index contributed by atoms with van der Waals surface area (Å²) >= 11 is 1.12. The Morgan fingerprint density at radius 1 is 1.47 bits per heavy atom. The smallest absolute Gasteiger partial charge is 0.262 e. The van der Waals surface area contributed by atoms with Gasteiger partial charge in [0.25, 0.3) is 5.91 Å². The summed E-state index contributed by atoms with van der Waals surface area (Å²) in [6, 6.07) is 1.68. The molecule has 0 spiro atoms. The van der Waals surface area contributed by atoms with Gasteiger partial charge >= 0.3 is 0 Å². The van der Waals surface area contributed by atoms with Gasteiger partial charge in [-0.3, -0.25) is 4.79 Å². The van der Waals surface area contributed by atoms with E-state index in [9.17, 15) is 4.79 Å². The lowest BCUT2D eigenvalue weighted by Crippen LogP contribution is -2.10. The Morgan fingerprint density at radius 3 is 2.80 bits per heavy atom. The van der Waals surface area contributed by atoms with Gasteiger partial charge in [-0.25, -0.2) is 15.0 Å². The monoisotopic (exact) mass is 221 g/mol. The minimum Gasteiger partial charge on any atom is -0.382 e. The Labute approximate surface area is 89.0 Å². The van der Waals surface area contributed by atoms with Crippen LogP contribution in [0.1, 0.15) is 9.67 Å². The van der Waals surface area contributed by atoms with Crippen LogP contribution in [0.2, 0.25) is 0 Å². The van der Waals surface area contributed by atoms with Crippen molar-refractivity contribution in [1.82, 2.24) is 15.0 Å². The minimum atomic E-state index is -0.578. The Morgan fingerprint density at radius 2 is 2.27 bits per heavy atom. The van der Waals surface area contributed by atoms with Gasteiger partial charge in [0.2, 0.25) is 0 Å². The molecular formula is C8H7N5OS. The SMILES string of the molecule is NC(=O)c1sc(-c2ccncn2)nc1N. The van der Waals surface area contributed by atoms with E-state index in [0.717, 1.165) is 11.3 Å². The number of rotatable bonds is 2. The molecule has 0 fully saturated rings. The number of carbonyl (C=O) groups is 1. The lowest BCUT2D eigenvalue weighted by molar-refractivity contribution is 0.100. The molecule has 6 nitrogen and oxygen atoms in total. The molecule has 7 heteroatoms. The van der Waals surface area contributed by atoms with Crippen LogP contribution in [0.5, 0.6) is 0 Å². The first-order chi connectivity index (χ1) is 7.18. The summed E-state index contributed by atoms with van der Waals surface area (Å²) in [5.74, 6) is -0.439. The van der Waals surface area contributed by atoms with E-state index in [-0.39, 0.29) is 10.7 Å². The van der Waals surface area contributed by atoms with Crippen LogP contribution in [-0.4, -0.2) is 20.9 Å². The second-order valence-corrected chi connectivity index (χ2v) is 3.69. The third kappa shape index (κ3) is 1.77. The average molecular weight is 221 g/mol. The molecule has 0 aliphatic rings. The van der Waals surface area contributed by atoms with Gasteiger partial charge in [0, 0.05) is 6.20 Å². The molecule has 4 N–H and O–H groups in total. The lowest BCUT2D eigenvalue weighted by atomic mass is 10.4. The molecule has 0 radical (unpaired) electrons. The van der Waals surface area contributed by atoms with Gasteiger partial charge in [-0.2, -0.15) is 0 Å². The van der Waals surface area contributed by atoms with Gasteiger partial charge in [-0.1, -0.05) is 0 Å². The Kier molecular flexibility index (Phi) is 2.30. The fourth-order valence-corrected chi connectivity index (χ4v) is 1.85. The highest BCUT2D eigenvalue weighted by Gasteiger charge is 2.14. The van der Waals surface area contributed by atoms with E-state index >= 15 is 0 Å². The van der Waals surface area contributed by atoms with E-state index in [0.29, 0.717) is 10.7 Å². The van der Waals surface area contributed by atoms with E-state index in [2.05, 4.69) is 15.0 Å². The molecule has 0 unspecified atom stereocenters. The van der Waals surface area contributed by atoms with Crippen molar-refractivity contribution < 1.29 is 4.79 Å². The largest absolute Gasteiger partial charge is 0.382 e. The molecule has 2 aromatic rings. The highest BCUT2D eigenvalue weighted by molar-refractivity contribution is 7.17. The predicted octanol–water partition coefficient (Wildman–Crippen LogP) is 0.281. The summed E-state index contributed by atoms with van der Waals surface area (Å²) in [6.45, 7) is 0. The minimum absolute atomic E-state index is 0.140. The van der Waals surface area contributed by atoms with Crippen LogP contribution in [-0.2, 0) is 0 Å². The Hall–Kier alpha value is -2.02. The van der Waals surface area contributed by atoms with Crippen molar-refractivity contribution in [2.24, 2.45) is 5.73 Å². The van der Waals surface area contributed by atoms with E-state index in [4.69, 9.17) is 11.5 Å². The molecule has 0 aliphatic carbocycles. The van der Waals surface area contributed by atoms with Gasteiger partial charge in [0.05, 0.1) is 0 Å². The normalized spacial score (nSPS) is 10.1. The molecule has 0 aliphatic heterocycles. The van der Waals surface area contributed by atoms with Crippen molar-refractivity contribution in [2.45, 2.75) is 0 Å². The average Bonchev–Trinajstić information content (AvgIpc) is 2.62. The number of thiazole rings is 1. The summed E-state index contributed by atoms with van der Waals surface area (Å²) in [4.78, 5) is 23.0. The molecule has 1 amide bonds. The second kappa shape index (κ2) is 3.62. The van der Waals surface area contributed by atoms with E-state index in [1.807, 2.05) is 0 Å². The van der Waals surface area contributed by atoms with E-state index in [1.54, 1.807) is 12.3 Å². The van der Waals surface area contributed by atoms with Crippen molar-refractivity contribution in [3.8, 4) is 10.7 Å². The quantitative estimate of drug-likeness (QED) is 0.757. The van der Waals surface area contributed by atoms with Crippen LogP contribution >= 0.6 is 11.3 Å². The van der Waals surface area contributed by atoms with Crippen molar-refractivity contribution in [1.29, 1.82) is 0 Å². The molecule has 15 heavy (non-hydrogen) atoms.